The van der Waals surface area contributed by atoms with E-state index in [-0.39, 0.29) is 52.1 Å². The number of thioether (sulfide) groups is 1. The third-order valence-corrected chi connectivity index (χ3v) is 21.3. The van der Waals surface area contributed by atoms with Gasteiger partial charge in [0.25, 0.3) is 0 Å². The molecule has 0 bridgehead atoms. The number of esters is 1. The van der Waals surface area contributed by atoms with Gasteiger partial charge < -0.3 is 15.2 Å². The number of sulfone groups is 1. The van der Waals surface area contributed by atoms with Gasteiger partial charge in [0.05, 0.1) is 24.3 Å². The normalized spacial score (nSPS) is 43.0. The van der Waals surface area contributed by atoms with E-state index < -0.39 is 21.2 Å². The molecule has 8 nitrogen and oxygen atoms in total. The van der Waals surface area contributed by atoms with Crippen LogP contribution in [0.1, 0.15) is 152 Å². The van der Waals surface area contributed by atoms with E-state index in [4.69, 9.17) is 4.74 Å². The summed E-state index contributed by atoms with van der Waals surface area (Å²) in [5.74, 6) is 3.88. The van der Waals surface area contributed by atoms with Gasteiger partial charge in [0.1, 0.15) is 6.10 Å². The van der Waals surface area contributed by atoms with Crippen LogP contribution in [0.5, 0.6) is 0 Å². The summed E-state index contributed by atoms with van der Waals surface area (Å²) in [7, 11) is -2.91. The number of rotatable bonds is 13. The number of nitrogens with zero attached hydrogens (tertiary/aromatic N) is 1. The highest BCUT2D eigenvalue weighted by atomic mass is 32.2. The molecule has 1 unspecified atom stereocenters. The minimum atomic E-state index is -2.91. The summed E-state index contributed by atoms with van der Waals surface area (Å²) in [6.07, 6.45) is 18.2. The van der Waals surface area contributed by atoms with Crippen LogP contribution >= 0.6 is 11.8 Å². The molecule has 56 heavy (non-hydrogen) atoms. The van der Waals surface area contributed by atoms with E-state index in [1.165, 1.54) is 64.2 Å². The topological polar surface area (TPSA) is 113 Å². The monoisotopic (exact) mass is 819 g/mol. The molecule has 1 aliphatic heterocycles. The van der Waals surface area contributed by atoms with E-state index in [0.29, 0.717) is 59.7 Å². The first-order chi connectivity index (χ1) is 26.0. The largest absolute Gasteiger partial charge is 0.481 e. The van der Waals surface area contributed by atoms with Gasteiger partial charge >= 0.3 is 11.9 Å². The Morgan fingerprint density at radius 2 is 1.54 bits per heavy atom. The minimum Gasteiger partial charge on any atom is -0.481 e. The lowest BCUT2D eigenvalue weighted by atomic mass is 9.32. The molecule has 0 aromatic heterocycles. The maximum atomic E-state index is 13.3. The lowest BCUT2D eigenvalue weighted by Gasteiger charge is -2.73. The van der Waals surface area contributed by atoms with Crippen molar-refractivity contribution in [2.75, 3.05) is 43.1 Å². The number of carboxylic acids is 1. The van der Waals surface area contributed by atoms with E-state index in [1.807, 2.05) is 25.6 Å². The van der Waals surface area contributed by atoms with Gasteiger partial charge in [0.2, 0.25) is 0 Å². The van der Waals surface area contributed by atoms with Crippen LogP contribution in [0.4, 0.5) is 0 Å². The van der Waals surface area contributed by atoms with Gasteiger partial charge in [0.15, 0.2) is 9.84 Å². The molecule has 1 saturated heterocycles. The van der Waals surface area contributed by atoms with Crippen LogP contribution in [0.2, 0.25) is 0 Å². The molecule has 6 saturated carbocycles. The molecular weight excluding hydrogens is 741 g/mol. The van der Waals surface area contributed by atoms with E-state index >= 15 is 0 Å². The minimum absolute atomic E-state index is 0.0412. The molecule has 10 heteroatoms. The standard InChI is InChI=1S/C46H78N2O6S2/c1-40(2,28-37(49)50)29-38(51)54-36-14-16-43(6)34(41(36,3)4)13-17-45(8)35(43)11-10-33-39-32(42(5)19-20-42)12-18-46(39,22-21-44(33,45)7)47-30-31(15-25-55-9)48-23-26-56(52,53)27-24-48/h31-36,39,47H,10-30H2,1-9H3,(H,49,50)/t31?,32-,33-,34+,35-,36+,39-,43+,44-,45-,46+/m1/s1. The zero-order valence-corrected chi connectivity index (χ0v) is 38.3. The van der Waals surface area contributed by atoms with Gasteiger partial charge in [0, 0.05) is 36.6 Å². The molecule has 1 heterocycles. The average molecular weight is 819 g/mol. The van der Waals surface area contributed by atoms with Gasteiger partial charge in [-0.1, -0.05) is 55.4 Å². The molecule has 0 spiro atoms. The smallest absolute Gasteiger partial charge is 0.306 e. The van der Waals surface area contributed by atoms with E-state index in [2.05, 4.69) is 58.0 Å². The number of hydrogen-bond donors (Lipinski definition) is 2. The van der Waals surface area contributed by atoms with Crippen LogP contribution in [0, 0.1) is 62.1 Å². The highest BCUT2D eigenvalue weighted by Crippen LogP contribution is 2.78. The number of carbonyl (C=O) groups excluding carboxylic acids is 1. The van der Waals surface area contributed by atoms with Crippen molar-refractivity contribution in [1.29, 1.82) is 0 Å². The highest BCUT2D eigenvalue weighted by Gasteiger charge is 2.72. The van der Waals surface area contributed by atoms with Crippen molar-refractivity contribution in [2.45, 2.75) is 169 Å². The van der Waals surface area contributed by atoms with E-state index in [0.717, 1.165) is 37.5 Å². The van der Waals surface area contributed by atoms with Crippen molar-refractivity contribution < 1.29 is 27.9 Å². The van der Waals surface area contributed by atoms with Crippen LogP contribution in [0.15, 0.2) is 0 Å². The lowest BCUT2D eigenvalue weighted by molar-refractivity contribution is -0.248. The SMILES string of the molecule is CSCCC(CN[C@]12CC[C@@H](C3(C)CC3)[C@@H]1[C@H]1CC[C@@H]3[C@@]4(C)CC[C@H](OC(=O)CC(C)(C)CC(=O)O)C(C)(C)[C@@H]4CC[C@@]3(C)[C@]1(C)CC2)N1CCS(=O)(=O)CC1. The summed E-state index contributed by atoms with van der Waals surface area (Å²) in [5.41, 5.74) is 0.596. The highest BCUT2D eigenvalue weighted by molar-refractivity contribution is 7.98. The molecule has 320 valence electrons. The summed E-state index contributed by atoms with van der Waals surface area (Å²) in [6.45, 7) is 21.4. The first kappa shape index (κ1) is 43.3. The molecule has 6 aliphatic carbocycles. The van der Waals surface area contributed by atoms with Crippen LogP contribution < -0.4 is 5.32 Å². The number of carboxylic acid groups (broad SMARTS) is 1. The Labute approximate surface area is 344 Å². The van der Waals surface area contributed by atoms with Crippen LogP contribution in [-0.2, 0) is 24.2 Å². The lowest BCUT2D eigenvalue weighted by Crippen LogP contribution is -2.69. The van der Waals surface area contributed by atoms with Gasteiger partial charge in [-0.05, 0) is 152 Å². The number of carbonyl (C=O) groups is 2. The second-order valence-corrected chi connectivity index (χ2v) is 26.2. The first-order valence-electron chi connectivity index (χ1n) is 22.6. The van der Waals surface area contributed by atoms with E-state index in [9.17, 15) is 23.1 Å². The fourth-order valence-corrected chi connectivity index (χ4v) is 17.3. The molecule has 0 amide bonds. The Morgan fingerprint density at radius 3 is 2.18 bits per heavy atom. The Kier molecular flexibility index (Phi) is 11.6. The van der Waals surface area contributed by atoms with Gasteiger partial charge in [-0.3, -0.25) is 14.5 Å². The first-order valence-corrected chi connectivity index (χ1v) is 25.9. The van der Waals surface area contributed by atoms with Crippen molar-refractivity contribution >= 4 is 33.5 Å². The number of nitrogens with one attached hydrogen (secondary N) is 1. The molecule has 0 aromatic rings. The van der Waals surface area contributed by atoms with Crippen LogP contribution in [0.3, 0.4) is 0 Å². The van der Waals surface area contributed by atoms with Crippen molar-refractivity contribution in [2.24, 2.45) is 62.1 Å². The fourth-order valence-electron chi connectivity index (χ4n) is 15.6. The summed E-state index contributed by atoms with van der Waals surface area (Å²) in [6, 6.07) is 0.384. The third kappa shape index (κ3) is 7.47. The zero-order chi connectivity index (χ0) is 40.7. The van der Waals surface area contributed by atoms with Crippen LogP contribution in [0.25, 0.3) is 0 Å². The molecule has 7 rings (SSSR count). The van der Waals surface area contributed by atoms with E-state index in [1.54, 1.807) is 0 Å². The van der Waals surface area contributed by atoms with Crippen molar-refractivity contribution in [3.63, 3.8) is 0 Å². The zero-order valence-electron chi connectivity index (χ0n) is 36.6. The van der Waals surface area contributed by atoms with Crippen LogP contribution in [-0.4, -0.2) is 91.2 Å². The summed E-state index contributed by atoms with van der Waals surface area (Å²) in [5, 5.41) is 13.8. The molecular formula is C46H78N2O6S2. The summed E-state index contributed by atoms with van der Waals surface area (Å²) in [4.78, 5) is 27.3. The number of hydrogen-bond acceptors (Lipinski definition) is 8. The van der Waals surface area contributed by atoms with Crippen molar-refractivity contribution in [3.05, 3.63) is 0 Å². The Morgan fingerprint density at radius 1 is 0.839 bits per heavy atom. The molecule has 11 atom stereocenters. The van der Waals surface area contributed by atoms with Gasteiger partial charge in [-0.25, -0.2) is 8.42 Å². The molecule has 0 aromatic carbocycles. The van der Waals surface area contributed by atoms with Crippen molar-refractivity contribution in [1.82, 2.24) is 10.2 Å². The fraction of sp³-hybridized carbons (Fsp3) is 0.957. The molecule has 7 fully saturated rings. The predicted molar refractivity (Wildman–Crippen MR) is 227 cm³/mol. The number of fused-ring (bicyclic) bond motifs is 7. The molecule has 0 radical (unpaired) electrons. The third-order valence-electron chi connectivity index (χ3n) is 19.1. The summed E-state index contributed by atoms with van der Waals surface area (Å²) < 4.78 is 31.1. The Balaban J connectivity index is 1.11. The number of ether oxygens (including phenoxy) is 1. The predicted octanol–water partition coefficient (Wildman–Crippen LogP) is 8.86. The summed E-state index contributed by atoms with van der Waals surface area (Å²) >= 11 is 1.91. The molecule has 7 aliphatic rings. The van der Waals surface area contributed by atoms with Crippen molar-refractivity contribution in [3.8, 4) is 0 Å². The second-order valence-electron chi connectivity index (χ2n) is 22.9. The van der Waals surface area contributed by atoms with Gasteiger partial charge in [-0.15, -0.1) is 0 Å². The second kappa shape index (κ2) is 15.0. The Hall–Kier alpha value is -0.840. The van der Waals surface area contributed by atoms with Gasteiger partial charge in [-0.2, -0.15) is 11.8 Å². The Bertz CT molecular complexity index is 1600. The average Bonchev–Trinajstić information content (AvgIpc) is 3.72. The maximum Gasteiger partial charge on any atom is 0.306 e. The maximum absolute atomic E-state index is 13.3. The molecule has 2 N–H and O–H groups in total. The number of aliphatic carboxylic acids is 1. The quantitative estimate of drug-likeness (QED) is 0.176.